The maximum absolute atomic E-state index is 12.5. The first-order chi connectivity index (χ1) is 12.1. The van der Waals surface area contributed by atoms with Gasteiger partial charge in [0.05, 0.1) is 12.5 Å². The number of para-hydroxylation sites is 2. The Bertz CT molecular complexity index is 835. The van der Waals surface area contributed by atoms with Gasteiger partial charge in [-0.3, -0.25) is 14.9 Å². The minimum atomic E-state index is -0.849. The third kappa shape index (κ3) is 2.80. The standard InChI is InChI=1S/C18H15N3O4/c22-15(9-12-17(23)21-18(24)19-12)20-16-10-5-1-3-7-13(10)25-14-8-4-2-6-11(14)16/h1-8,12,16H,9H2,(H,20,22)(H2,19,21,23,24). The first kappa shape index (κ1) is 15.2. The van der Waals surface area contributed by atoms with Gasteiger partial charge in [0.15, 0.2) is 0 Å². The van der Waals surface area contributed by atoms with Crippen LogP contribution in [0.25, 0.3) is 0 Å². The Labute approximate surface area is 143 Å². The smallest absolute Gasteiger partial charge is 0.322 e. The number of hydrogen-bond donors (Lipinski definition) is 3. The van der Waals surface area contributed by atoms with Crippen molar-refractivity contribution in [3.05, 3.63) is 59.7 Å². The summed E-state index contributed by atoms with van der Waals surface area (Å²) in [7, 11) is 0. The number of carbonyl (C=O) groups is 3. The molecular weight excluding hydrogens is 322 g/mol. The molecule has 1 saturated heterocycles. The van der Waals surface area contributed by atoms with Gasteiger partial charge in [-0.15, -0.1) is 0 Å². The van der Waals surface area contributed by atoms with Gasteiger partial charge in [0.1, 0.15) is 17.5 Å². The molecule has 7 heteroatoms. The molecule has 0 bridgehead atoms. The van der Waals surface area contributed by atoms with Crippen molar-refractivity contribution in [1.29, 1.82) is 0 Å². The molecule has 7 nitrogen and oxygen atoms in total. The Kier molecular flexibility index (Phi) is 3.61. The van der Waals surface area contributed by atoms with Crippen molar-refractivity contribution in [2.45, 2.75) is 18.5 Å². The molecule has 1 fully saturated rings. The van der Waals surface area contributed by atoms with Crippen LogP contribution in [0.3, 0.4) is 0 Å². The Morgan fingerprint density at radius 3 is 2.16 bits per heavy atom. The van der Waals surface area contributed by atoms with E-state index in [0.29, 0.717) is 11.5 Å². The highest BCUT2D eigenvalue weighted by molar-refractivity contribution is 6.05. The van der Waals surface area contributed by atoms with Crippen molar-refractivity contribution in [1.82, 2.24) is 16.0 Å². The lowest BCUT2D eigenvalue weighted by Crippen LogP contribution is -2.38. The summed E-state index contributed by atoms with van der Waals surface area (Å²) in [5, 5.41) is 7.49. The number of ether oxygens (including phenoxy) is 1. The summed E-state index contributed by atoms with van der Waals surface area (Å²) in [4.78, 5) is 35.2. The van der Waals surface area contributed by atoms with E-state index in [1.165, 1.54) is 0 Å². The Balaban J connectivity index is 1.59. The van der Waals surface area contributed by atoms with Crippen LogP contribution in [-0.2, 0) is 9.59 Å². The van der Waals surface area contributed by atoms with Crippen LogP contribution in [0, 0.1) is 0 Å². The molecule has 2 aromatic rings. The lowest BCUT2D eigenvalue weighted by Gasteiger charge is -2.29. The number of imide groups is 1. The van der Waals surface area contributed by atoms with E-state index in [0.717, 1.165) is 11.1 Å². The summed E-state index contributed by atoms with van der Waals surface area (Å²) in [5.74, 6) is 0.531. The molecule has 4 amide bonds. The van der Waals surface area contributed by atoms with Gasteiger partial charge in [0.2, 0.25) is 5.91 Å². The zero-order chi connectivity index (χ0) is 17.4. The van der Waals surface area contributed by atoms with Gasteiger partial charge in [-0.05, 0) is 12.1 Å². The highest BCUT2D eigenvalue weighted by atomic mass is 16.5. The number of amides is 4. The van der Waals surface area contributed by atoms with E-state index < -0.39 is 18.0 Å². The zero-order valence-electron chi connectivity index (χ0n) is 13.1. The second kappa shape index (κ2) is 5.94. The molecule has 0 aliphatic carbocycles. The fraction of sp³-hybridized carbons (Fsp3) is 0.167. The Hall–Kier alpha value is -3.35. The summed E-state index contributed by atoms with van der Waals surface area (Å²) in [6, 6.07) is 13.1. The van der Waals surface area contributed by atoms with E-state index in [1.807, 2.05) is 48.5 Å². The summed E-state index contributed by atoms with van der Waals surface area (Å²) in [5.41, 5.74) is 1.68. The second-order valence-electron chi connectivity index (χ2n) is 5.90. The van der Waals surface area contributed by atoms with Crippen LogP contribution in [0.5, 0.6) is 11.5 Å². The van der Waals surface area contributed by atoms with Crippen molar-refractivity contribution in [3.8, 4) is 11.5 Å². The predicted molar refractivity (Wildman–Crippen MR) is 88.0 cm³/mol. The van der Waals surface area contributed by atoms with Gasteiger partial charge in [0.25, 0.3) is 5.91 Å². The molecule has 2 heterocycles. The molecule has 1 unspecified atom stereocenters. The van der Waals surface area contributed by atoms with Gasteiger partial charge < -0.3 is 15.4 Å². The molecule has 0 saturated carbocycles. The van der Waals surface area contributed by atoms with E-state index in [9.17, 15) is 14.4 Å². The molecule has 2 aromatic carbocycles. The third-order valence-corrected chi connectivity index (χ3v) is 4.23. The number of urea groups is 1. The van der Waals surface area contributed by atoms with Gasteiger partial charge in [-0.1, -0.05) is 36.4 Å². The lowest BCUT2D eigenvalue weighted by atomic mass is 9.94. The van der Waals surface area contributed by atoms with E-state index in [1.54, 1.807) is 0 Å². The first-order valence-electron chi connectivity index (χ1n) is 7.88. The topological polar surface area (TPSA) is 96.5 Å². The van der Waals surface area contributed by atoms with Crippen LogP contribution in [0.1, 0.15) is 23.6 Å². The van der Waals surface area contributed by atoms with Gasteiger partial charge in [-0.2, -0.15) is 0 Å². The van der Waals surface area contributed by atoms with Crippen molar-refractivity contribution in [2.75, 3.05) is 0 Å². The minimum Gasteiger partial charge on any atom is -0.457 e. The van der Waals surface area contributed by atoms with Crippen LogP contribution >= 0.6 is 0 Å². The Morgan fingerprint density at radius 1 is 1.00 bits per heavy atom. The summed E-state index contributed by atoms with van der Waals surface area (Å²) >= 11 is 0. The van der Waals surface area contributed by atoms with E-state index in [2.05, 4.69) is 16.0 Å². The molecule has 25 heavy (non-hydrogen) atoms. The molecule has 4 rings (SSSR count). The van der Waals surface area contributed by atoms with E-state index >= 15 is 0 Å². The maximum Gasteiger partial charge on any atom is 0.322 e. The molecule has 126 valence electrons. The lowest BCUT2D eigenvalue weighted by molar-refractivity contribution is -0.126. The number of carbonyl (C=O) groups excluding carboxylic acids is 3. The van der Waals surface area contributed by atoms with Crippen LogP contribution in [0.15, 0.2) is 48.5 Å². The molecule has 2 aliphatic heterocycles. The number of fused-ring (bicyclic) bond motifs is 2. The average Bonchev–Trinajstić information content (AvgIpc) is 2.91. The SMILES string of the molecule is O=C(CC1NC(=O)NC1=O)NC1c2ccccc2Oc2ccccc21. The summed E-state index contributed by atoms with van der Waals surface area (Å²) in [6.45, 7) is 0. The first-order valence-corrected chi connectivity index (χ1v) is 7.88. The van der Waals surface area contributed by atoms with E-state index in [-0.39, 0.29) is 18.4 Å². The minimum absolute atomic E-state index is 0.126. The van der Waals surface area contributed by atoms with Crippen LogP contribution in [-0.4, -0.2) is 23.9 Å². The molecule has 0 aromatic heterocycles. The molecule has 2 aliphatic rings. The average molecular weight is 337 g/mol. The molecule has 0 spiro atoms. The predicted octanol–water partition coefficient (Wildman–Crippen LogP) is 1.60. The fourth-order valence-corrected chi connectivity index (χ4v) is 3.07. The fourth-order valence-electron chi connectivity index (χ4n) is 3.07. The van der Waals surface area contributed by atoms with Crippen LogP contribution < -0.4 is 20.7 Å². The van der Waals surface area contributed by atoms with Gasteiger partial charge in [-0.25, -0.2) is 4.79 Å². The largest absolute Gasteiger partial charge is 0.457 e. The molecular formula is C18H15N3O4. The monoisotopic (exact) mass is 337 g/mol. The van der Waals surface area contributed by atoms with Crippen molar-refractivity contribution in [2.24, 2.45) is 0 Å². The third-order valence-electron chi connectivity index (χ3n) is 4.23. The number of nitrogens with one attached hydrogen (secondary N) is 3. The van der Waals surface area contributed by atoms with E-state index in [4.69, 9.17) is 4.74 Å². The quantitative estimate of drug-likeness (QED) is 0.741. The van der Waals surface area contributed by atoms with Crippen molar-refractivity contribution >= 4 is 17.8 Å². The maximum atomic E-state index is 12.5. The highest BCUT2D eigenvalue weighted by Gasteiger charge is 2.33. The Morgan fingerprint density at radius 2 is 1.60 bits per heavy atom. The number of benzene rings is 2. The molecule has 0 radical (unpaired) electrons. The molecule has 1 atom stereocenters. The zero-order valence-corrected chi connectivity index (χ0v) is 13.1. The summed E-state index contributed by atoms with van der Waals surface area (Å²) in [6.07, 6.45) is -0.126. The molecule has 3 N–H and O–H groups in total. The van der Waals surface area contributed by atoms with Crippen LogP contribution in [0.4, 0.5) is 4.79 Å². The summed E-state index contributed by atoms with van der Waals surface area (Å²) < 4.78 is 5.88. The van der Waals surface area contributed by atoms with Crippen molar-refractivity contribution < 1.29 is 19.1 Å². The second-order valence-corrected chi connectivity index (χ2v) is 5.90. The number of rotatable bonds is 3. The van der Waals surface area contributed by atoms with Gasteiger partial charge >= 0.3 is 6.03 Å². The normalized spacial score (nSPS) is 18.5. The van der Waals surface area contributed by atoms with Crippen LogP contribution in [0.2, 0.25) is 0 Å². The van der Waals surface area contributed by atoms with Gasteiger partial charge in [0, 0.05) is 11.1 Å². The highest BCUT2D eigenvalue weighted by Crippen LogP contribution is 2.42. The van der Waals surface area contributed by atoms with Crippen molar-refractivity contribution in [3.63, 3.8) is 0 Å². The number of hydrogen-bond acceptors (Lipinski definition) is 4.